The molecule has 0 N–H and O–H groups in total. The second-order valence-electron chi connectivity index (χ2n) is 1.33. The van der Waals surface area contributed by atoms with E-state index in [-0.39, 0.29) is 43.1 Å². The number of rotatable bonds is 2. The zero-order chi connectivity index (χ0) is 9.54. The summed E-state index contributed by atoms with van der Waals surface area (Å²) in [6.07, 6.45) is 0.653. The monoisotopic (exact) mass is 240 g/mol. The van der Waals surface area contributed by atoms with Crippen LogP contribution in [-0.4, -0.2) is 26.7 Å². The van der Waals surface area contributed by atoms with Gasteiger partial charge in [-0.05, 0) is 13.3 Å². The molecule has 0 aromatic heterocycles. The van der Waals surface area contributed by atoms with Crippen molar-refractivity contribution in [1.82, 2.24) is 0 Å². The van der Waals surface area contributed by atoms with Gasteiger partial charge in [0.1, 0.15) is 13.3 Å². The molecule has 0 spiro atoms. The largest absolute Gasteiger partial charge is 0.251 e. The summed E-state index contributed by atoms with van der Waals surface area (Å²) in [4.78, 5) is 0. The highest BCUT2D eigenvalue weighted by molar-refractivity contribution is 4.11. The molecule has 0 unspecified atom stereocenters. The Kier molecular flexibility index (Phi) is 309. The summed E-state index contributed by atoms with van der Waals surface area (Å²) >= 11 is 0. The van der Waals surface area contributed by atoms with Crippen LogP contribution in [0.25, 0.3) is 0 Å². The molecule has 15 heavy (non-hydrogen) atoms. The lowest BCUT2D eigenvalue weighted by molar-refractivity contribution is 0.380. The minimum Gasteiger partial charge on any atom is -0.251 e. The molecule has 0 atom stereocenters. The molecule has 0 aliphatic carbocycles. The molecule has 104 valence electrons. The van der Waals surface area contributed by atoms with Crippen LogP contribution in [0.5, 0.6) is 0 Å². The van der Waals surface area contributed by atoms with Crippen molar-refractivity contribution in [2.75, 3.05) is 26.7 Å². The molecular formula is C11H32F4. The van der Waals surface area contributed by atoms with Crippen molar-refractivity contribution in [2.24, 2.45) is 0 Å². The maximum atomic E-state index is 10.7. The summed E-state index contributed by atoms with van der Waals surface area (Å²) in [5.74, 6) is 0. The third-order valence-electron chi connectivity index (χ3n) is 0.260. The molecule has 0 aromatic carbocycles. The van der Waals surface area contributed by atoms with E-state index in [1.54, 1.807) is 6.92 Å². The van der Waals surface area contributed by atoms with E-state index in [1.807, 2.05) is 0 Å². The van der Waals surface area contributed by atoms with Crippen molar-refractivity contribution in [2.45, 2.75) is 50.0 Å². The van der Waals surface area contributed by atoms with Crippen molar-refractivity contribution in [3.63, 3.8) is 0 Å². The molecule has 0 aromatic rings. The maximum Gasteiger partial charge on any atom is 0.118 e. The van der Waals surface area contributed by atoms with Crippen LogP contribution in [0.15, 0.2) is 0 Å². The van der Waals surface area contributed by atoms with Gasteiger partial charge in [0.15, 0.2) is 0 Å². The van der Waals surface area contributed by atoms with E-state index in [0.29, 0.717) is 6.42 Å². The van der Waals surface area contributed by atoms with Gasteiger partial charge in [-0.1, -0.05) is 36.6 Å². The molecule has 0 saturated carbocycles. The van der Waals surface area contributed by atoms with Crippen molar-refractivity contribution < 1.29 is 17.6 Å². The van der Waals surface area contributed by atoms with Gasteiger partial charge in [0.25, 0.3) is 0 Å². The van der Waals surface area contributed by atoms with E-state index in [4.69, 9.17) is 0 Å². The Morgan fingerprint density at radius 2 is 0.733 bits per heavy atom. The normalized spacial score (nSPS) is 5.20. The summed E-state index contributed by atoms with van der Waals surface area (Å²) < 4.78 is 41.7. The summed E-state index contributed by atoms with van der Waals surface area (Å²) in [6.45, 7) is 1.14. The molecule has 0 amide bonds. The smallest absolute Gasteiger partial charge is 0.118 e. The molecule has 0 rings (SSSR count). The van der Waals surface area contributed by atoms with Crippen LogP contribution in [0, 0.1) is 0 Å². The van der Waals surface area contributed by atoms with Crippen LogP contribution < -0.4 is 0 Å². The van der Waals surface area contributed by atoms with Crippen molar-refractivity contribution in [1.29, 1.82) is 0 Å². The van der Waals surface area contributed by atoms with Gasteiger partial charge < -0.3 is 0 Å². The first-order chi connectivity index (χ1) is 5.24. The Labute approximate surface area is 95.1 Å². The number of alkyl halides is 4. The number of halogens is 4. The van der Waals surface area contributed by atoms with Gasteiger partial charge in [-0.25, -0.2) is 8.78 Å². The topological polar surface area (TPSA) is 0 Å². The summed E-state index contributed by atoms with van der Waals surface area (Å²) in [5.41, 5.74) is 0. The molecule has 0 aliphatic rings. The van der Waals surface area contributed by atoms with Gasteiger partial charge in [-0.15, -0.1) is 0 Å². The number of hydrogen-bond acceptors (Lipinski definition) is 0. The molecule has 0 heterocycles. The fraction of sp³-hybridized carbons (Fsp3) is 1.00. The Hall–Kier alpha value is -0.280. The maximum absolute atomic E-state index is 10.7. The van der Waals surface area contributed by atoms with Crippen LogP contribution in [-0.2, 0) is 0 Å². The lowest BCUT2D eigenvalue weighted by Gasteiger charge is -1.64. The van der Waals surface area contributed by atoms with E-state index < -0.39 is 13.3 Å². The van der Waals surface area contributed by atoms with Crippen LogP contribution in [0.3, 0.4) is 0 Å². The molecule has 0 fully saturated rings. The lowest BCUT2D eigenvalue weighted by Crippen LogP contribution is -1.68. The second kappa shape index (κ2) is 99.6. The molecule has 0 bridgehead atoms. The van der Waals surface area contributed by atoms with E-state index in [9.17, 15) is 17.6 Å². The Morgan fingerprint density at radius 3 is 0.733 bits per heavy atom. The van der Waals surface area contributed by atoms with Gasteiger partial charge in [0.05, 0.1) is 13.3 Å². The van der Waals surface area contributed by atoms with Gasteiger partial charge in [0.2, 0.25) is 0 Å². The minimum absolute atomic E-state index is 0. The van der Waals surface area contributed by atoms with Crippen LogP contribution in [0.1, 0.15) is 50.0 Å². The molecule has 4 heteroatoms. The van der Waals surface area contributed by atoms with Crippen molar-refractivity contribution in [3.05, 3.63) is 0 Å². The Morgan fingerprint density at radius 1 is 0.600 bits per heavy atom. The first kappa shape index (κ1) is 46.5. The number of hydrogen-bond donors (Lipinski definition) is 0. The van der Waals surface area contributed by atoms with Crippen molar-refractivity contribution in [3.8, 4) is 0 Å². The fourth-order valence-corrected chi connectivity index (χ4v) is 0. The van der Waals surface area contributed by atoms with E-state index in [0.717, 1.165) is 0 Å². The fourth-order valence-electron chi connectivity index (χ4n) is 0. The van der Waals surface area contributed by atoms with Crippen LogP contribution in [0.2, 0.25) is 0 Å². The molecular weight excluding hydrogens is 208 g/mol. The van der Waals surface area contributed by atoms with E-state index in [2.05, 4.69) is 0 Å². The third-order valence-corrected chi connectivity index (χ3v) is 0.260. The second-order valence-corrected chi connectivity index (χ2v) is 1.33. The SMILES string of the molecule is C.C.C.C.CCCF.CCF.FCCF. The average molecular weight is 240 g/mol. The quantitative estimate of drug-likeness (QED) is 0.534. The zero-order valence-corrected chi connectivity index (χ0v) is 7.05. The Bertz CT molecular complexity index is 27.8. The van der Waals surface area contributed by atoms with Crippen molar-refractivity contribution >= 4 is 0 Å². The summed E-state index contributed by atoms with van der Waals surface area (Å²) in [5, 5.41) is 0. The van der Waals surface area contributed by atoms with Gasteiger partial charge in [-0.2, -0.15) is 0 Å². The highest BCUT2D eigenvalue weighted by Gasteiger charge is 1.65. The highest BCUT2D eigenvalue weighted by Crippen LogP contribution is 1.69. The molecule has 0 saturated heterocycles. The standard InChI is InChI=1S/C3H7F.C2H4F2.C2H5F.4CH4/c1-2-3-4;3-1-2-4;1-2-3;;;;/h2-3H2,1H3;1-2H2;2H2,1H3;4*1H4. The predicted octanol–water partition coefficient (Wildman–Crippen LogP) is 5.81. The minimum atomic E-state index is -0.847. The van der Waals surface area contributed by atoms with E-state index in [1.165, 1.54) is 6.92 Å². The molecule has 0 aliphatic heterocycles. The van der Waals surface area contributed by atoms with Gasteiger partial charge in [0, 0.05) is 0 Å². The summed E-state index contributed by atoms with van der Waals surface area (Å²) in [6, 6.07) is 0. The first-order valence-electron chi connectivity index (χ1n) is 3.48. The predicted molar refractivity (Wildman–Crippen MR) is 66.8 cm³/mol. The average Bonchev–Trinajstić information content (AvgIpc) is 2.06. The van der Waals surface area contributed by atoms with Crippen LogP contribution >= 0.6 is 0 Å². The summed E-state index contributed by atoms with van der Waals surface area (Å²) in [7, 11) is 0. The highest BCUT2D eigenvalue weighted by atomic mass is 19.2. The van der Waals surface area contributed by atoms with Crippen LogP contribution in [0.4, 0.5) is 17.6 Å². The third kappa shape index (κ3) is 637. The zero-order valence-electron chi connectivity index (χ0n) is 7.05. The van der Waals surface area contributed by atoms with Gasteiger partial charge >= 0.3 is 0 Å². The van der Waals surface area contributed by atoms with Gasteiger partial charge in [-0.3, -0.25) is 8.78 Å². The van der Waals surface area contributed by atoms with E-state index >= 15 is 0 Å². The lowest BCUT2D eigenvalue weighted by atomic mass is 10.6. The molecule has 0 nitrogen and oxygen atoms in total. The molecule has 0 radical (unpaired) electrons. The first-order valence-corrected chi connectivity index (χ1v) is 3.48. The Balaban J connectivity index is -0.0000000114.